The van der Waals surface area contributed by atoms with E-state index in [0.717, 1.165) is 5.69 Å². The van der Waals surface area contributed by atoms with Crippen molar-refractivity contribution in [2.75, 3.05) is 13.2 Å². The highest BCUT2D eigenvalue weighted by molar-refractivity contribution is 9.10. The third-order valence-corrected chi connectivity index (χ3v) is 5.76. The van der Waals surface area contributed by atoms with Crippen molar-refractivity contribution in [3.63, 3.8) is 0 Å². The SMILES string of the molecule is CCOC(=O)CN1C(=S)N[C@H](c2ccccn2)[C@@H]1c1ccc(-c2ccc(Br)cc2F)o1. The number of thiocarbonyl (C=S) groups is 1. The number of nitrogens with one attached hydrogen (secondary N) is 1. The third-order valence-electron chi connectivity index (χ3n) is 4.92. The van der Waals surface area contributed by atoms with E-state index in [1.54, 1.807) is 42.3 Å². The van der Waals surface area contributed by atoms with Crippen molar-refractivity contribution in [1.82, 2.24) is 15.2 Å². The van der Waals surface area contributed by atoms with Crippen LogP contribution >= 0.6 is 28.1 Å². The summed E-state index contributed by atoms with van der Waals surface area (Å²) in [6.45, 7) is 1.98. The molecule has 3 aromatic rings. The quantitative estimate of drug-likeness (QED) is 0.383. The zero-order chi connectivity index (χ0) is 22.0. The van der Waals surface area contributed by atoms with Crippen molar-refractivity contribution < 1.29 is 18.3 Å². The van der Waals surface area contributed by atoms with Gasteiger partial charge in [0.15, 0.2) is 5.11 Å². The van der Waals surface area contributed by atoms with Crippen molar-refractivity contribution in [1.29, 1.82) is 0 Å². The maximum Gasteiger partial charge on any atom is 0.325 e. The molecule has 160 valence electrons. The summed E-state index contributed by atoms with van der Waals surface area (Å²) >= 11 is 8.77. The van der Waals surface area contributed by atoms with Gasteiger partial charge in [0.2, 0.25) is 0 Å². The van der Waals surface area contributed by atoms with Crippen molar-refractivity contribution in [2.24, 2.45) is 0 Å². The van der Waals surface area contributed by atoms with Crippen LogP contribution in [0, 0.1) is 5.82 Å². The van der Waals surface area contributed by atoms with Crippen molar-refractivity contribution in [3.8, 4) is 11.3 Å². The van der Waals surface area contributed by atoms with Crippen molar-refractivity contribution in [2.45, 2.75) is 19.0 Å². The van der Waals surface area contributed by atoms with E-state index in [9.17, 15) is 9.18 Å². The van der Waals surface area contributed by atoms with E-state index in [-0.39, 0.29) is 19.2 Å². The summed E-state index contributed by atoms with van der Waals surface area (Å²) in [6, 6.07) is 13.0. The summed E-state index contributed by atoms with van der Waals surface area (Å²) in [5.74, 6) is 0.113. The van der Waals surface area contributed by atoms with Crippen LogP contribution < -0.4 is 5.32 Å². The summed E-state index contributed by atoms with van der Waals surface area (Å²) in [5, 5.41) is 3.62. The molecule has 0 saturated carbocycles. The summed E-state index contributed by atoms with van der Waals surface area (Å²) in [5.41, 5.74) is 1.09. The predicted octanol–water partition coefficient (Wildman–Crippen LogP) is 4.78. The molecule has 0 aliphatic carbocycles. The Hall–Kier alpha value is -2.78. The molecule has 4 rings (SSSR count). The van der Waals surface area contributed by atoms with E-state index in [4.69, 9.17) is 21.4 Å². The maximum atomic E-state index is 14.5. The zero-order valence-electron chi connectivity index (χ0n) is 16.5. The monoisotopic (exact) mass is 503 g/mol. The van der Waals surface area contributed by atoms with Crippen molar-refractivity contribution in [3.05, 3.63) is 76.5 Å². The normalized spacial score (nSPS) is 18.2. The number of esters is 1. The minimum absolute atomic E-state index is 0.0453. The van der Waals surface area contributed by atoms with E-state index >= 15 is 0 Å². The van der Waals surface area contributed by atoms with Crippen LogP contribution in [0.5, 0.6) is 0 Å². The van der Waals surface area contributed by atoms with Gasteiger partial charge in [-0.05, 0) is 61.6 Å². The van der Waals surface area contributed by atoms with Gasteiger partial charge in [0.25, 0.3) is 0 Å². The first kappa shape index (κ1) is 21.5. The Balaban J connectivity index is 1.72. The Bertz CT molecular complexity index is 1110. The van der Waals surface area contributed by atoms with Gasteiger partial charge in [-0.15, -0.1) is 0 Å². The second-order valence-corrected chi connectivity index (χ2v) is 8.19. The number of hydrogen-bond acceptors (Lipinski definition) is 5. The Morgan fingerprint density at radius 1 is 1.32 bits per heavy atom. The van der Waals surface area contributed by atoms with Gasteiger partial charge in [-0.25, -0.2) is 4.39 Å². The molecule has 0 radical (unpaired) electrons. The summed E-state index contributed by atoms with van der Waals surface area (Å²) in [6.07, 6.45) is 1.69. The van der Waals surface area contributed by atoms with E-state index in [0.29, 0.717) is 26.7 Å². The molecule has 6 nitrogen and oxygen atoms in total. The second-order valence-electron chi connectivity index (χ2n) is 6.89. The number of aromatic nitrogens is 1. The maximum absolute atomic E-state index is 14.5. The first-order chi connectivity index (χ1) is 15.0. The molecule has 2 atom stereocenters. The van der Waals surface area contributed by atoms with E-state index in [2.05, 4.69) is 26.2 Å². The summed E-state index contributed by atoms with van der Waals surface area (Å²) in [7, 11) is 0. The number of ether oxygens (including phenoxy) is 1. The average Bonchev–Trinajstić information content (AvgIpc) is 3.34. The number of pyridine rings is 1. The number of benzene rings is 1. The van der Waals surface area contributed by atoms with Crippen LogP contribution in [-0.4, -0.2) is 34.1 Å². The second kappa shape index (κ2) is 9.15. The van der Waals surface area contributed by atoms with Crippen LogP contribution in [0.3, 0.4) is 0 Å². The van der Waals surface area contributed by atoms with Crippen molar-refractivity contribution >= 4 is 39.2 Å². The lowest BCUT2D eigenvalue weighted by atomic mass is 10.0. The molecule has 0 unspecified atom stereocenters. The molecule has 1 aromatic carbocycles. The number of furan rings is 1. The van der Waals surface area contributed by atoms with Gasteiger partial charge in [-0.1, -0.05) is 22.0 Å². The fourth-order valence-electron chi connectivity index (χ4n) is 3.58. The van der Waals surface area contributed by atoms with E-state index in [1.165, 1.54) is 6.07 Å². The first-order valence-corrected chi connectivity index (χ1v) is 10.9. The smallest absolute Gasteiger partial charge is 0.325 e. The number of hydrogen-bond donors (Lipinski definition) is 1. The van der Waals surface area contributed by atoms with Gasteiger partial charge in [0, 0.05) is 10.7 Å². The lowest BCUT2D eigenvalue weighted by molar-refractivity contribution is -0.143. The summed E-state index contributed by atoms with van der Waals surface area (Å²) in [4.78, 5) is 18.4. The Kier molecular flexibility index (Phi) is 6.33. The molecule has 9 heteroatoms. The minimum Gasteiger partial charge on any atom is -0.465 e. The molecule has 1 fully saturated rings. The lowest BCUT2D eigenvalue weighted by Gasteiger charge is -2.25. The van der Waals surface area contributed by atoms with Gasteiger partial charge >= 0.3 is 5.97 Å². The van der Waals surface area contributed by atoms with Gasteiger partial charge in [-0.3, -0.25) is 9.78 Å². The van der Waals surface area contributed by atoms with E-state index in [1.807, 2.05) is 18.2 Å². The Morgan fingerprint density at radius 2 is 2.16 bits per heavy atom. The van der Waals surface area contributed by atoms with Crippen LogP contribution in [-0.2, 0) is 9.53 Å². The molecular weight excluding hydrogens is 485 g/mol. The minimum atomic E-state index is -0.459. The zero-order valence-corrected chi connectivity index (χ0v) is 19.0. The molecule has 1 saturated heterocycles. The molecule has 2 aromatic heterocycles. The Labute approximate surface area is 192 Å². The van der Waals surface area contributed by atoms with Crippen LogP contribution in [0.1, 0.15) is 30.5 Å². The topological polar surface area (TPSA) is 67.6 Å². The molecule has 31 heavy (non-hydrogen) atoms. The molecule has 1 aliphatic heterocycles. The van der Waals surface area contributed by atoms with E-state index < -0.39 is 17.8 Å². The number of nitrogens with zero attached hydrogens (tertiary/aromatic N) is 2. The van der Waals surface area contributed by atoms with Gasteiger partial charge in [0.05, 0.1) is 23.9 Å². The molecule has 0 spiro atoms. The standard InChI is InChI=1S/C22H19BrFN3O3S/c1-2-29-19(28)12-27-21(20(26-22(27)31)16-5-3-4-10-25-16)18-9-8-17(30-18)14-7-6-13(23)11-15(14)24/h3-11,20-21H,2,12H2,1H3,(H,26,31)/t20-,21+/m1/s1. The van der Waals surface area contributed by atoms with Gasteiger partial charge in [0.1, 0.15) is 29.9 Å². The molecule has 0 amide bonds. The van der Waals surface area contributed by atoms with Gasteiger partial charge < -0.3 is 19.4 Å². The average molecular weight is 504 g/mol. The third kappa shape index (κ3) is 4.47. The summed E-state index contributed by atoms with van der Waals surface area (Å²) < 4.78 is 26.3. The fourth-order valence-corrected chi connectivity index (χ4v) is 4.21. The highest BCUT2D eigenvalue weighted by Gasteiger charge is 2.42. The predicted molar refractivity (Wildman–Crippen MR) is 121 cm³/mol. The lowest BCUT2D eigenvalue weighted by Crippen LogP contribution is -2.35. The molecule has 0 bridgehead atoms. The number of carbonyl (C=O) groups is 1. The first-order valence-electron chi connectivity index (χ1n) is 9.66. The highest BCUT2D eigenvalue weighted by atomic mass is 79.9. The molecular formula is C22H19BrFN3O3S. The van der Waals surface area contributed by atoms with Crippen LogP contribution in [0.2, 0.25) is 0 Å². The molecule has 3 heterocycles. The largest absolute Gasteiger partial charge is 0.465 e. The van der Waals surface area contributed by atoms with Gasteiger partial charge in [-0.2, -0.15) is 0 Å². The molecule has 1 aliphatic rings. The molecule has 1 N–H and O–H groups in total. The number of carbonyl (C=O) groups excluding carboxylic acids is 1. The fraction of sp³-hybridized carbons (Fsp3) is 0.227. The number of rotatable bonds is 6. The van der Waals surface area contributed by atoms with Crippen LogP contribution in [0.4, 0.5) is 4.39 Å². The van der Waals surface area contributed by atoms with Crippen LogP contribution in [0.15, 0.2) is 63.6 Å². The number of halogens is 2. The highest BCUT2D eigenvalue weighted by Crippen LogP contribution is 2.40. The Morgan fingerprint density at radius 3 is 2.87 bits per heavy atom. The van der Waals surface area contributed by atoms with Crippen LogP contribution in [0.25, 0.3) is 11.3 Å².